The number of amides is 2. The molecule has 2 atom stereocenters. The zero-order valence-electron chi connectivity index (χ0n) is 7.60. The molecule has 0 unspecified atom stereocenters. The Bertz CT molecular complexity index is 266. The minimum Gasteiger partial charge on any atom is -0.465 e. The third-order valence-corrected chi connectivity index (χ3v) is 2.59. The van der Waals surface area contributed by atoms with Gasteiger partial charge in [0.2, 0.25) is 5.91 Å². The lowest BCUT2D eigenvalue weighted by Gasteiger charge is -2.39. The van der Waals surface area contributed by atoms with Gasteiger partial charge in [-0.1, -0.05) is 0 Å². The lowest BCUT2D eigenvalue weighted by molar-refractivity contribution is -0.139. The van der Waals surface area contributed by atoms with Gasteiger partial charge >= 0.3 is 6.09 Å². The Morgan fingerprint density at radius 1 is 1.64 bits per heavy atom. The van der Waals surface area contributed by atoms with Gasteiger partial charge in [-0.25, -0.2) is 4.79 Å². The maximum atomic E-state index is 11.0. The molecule has 0 bridgehead atoms. The Hall–Kier alpha value is -1.30. The van der Waals surface area contributed by atoms with Gasteiger partial charge in [0.25, 0.3) is 0 Å². The molecule has 2 fully saturated rings. The number of likely N-dealkylation sites (tertiary alicyclic amines) is 1. The van der Waals surface area contributed by atoms with Gasteiger partial charge in [-0.15, -0.1) is 0 Å². The van der Waals surface area contributed by atoms with Crippen molar-refractivity contribution in [2.45, 2.75) is 18.6 Å². The van der Waals surface area contributed by atoms with Crippen molar-refractivity contribution in [3.8, 4) is 0 Å². The average molecular weight is 200 g/mol. The number of carbonyl (C=O) groups excluding carboxylic acids is 1. The standard InChI is InChI=1S/C8H12N2O4/c11-7-4-14-6-1-2-10(8(12)13)3-5(6)9-7/h5-6H,1-4H2,(H,9,11)(H,12,13)/t5-,6-/m0/s1. The van der Waals surface area contributed by atoms with Gasteiger partial charge in [0.05, 0.1) is 12.1 Å². The summed E-state index contributed by atoms with van der Waals surface area (Å²) in [6, 6.07) is -0.180. The number of hydrogen-bond donors (Lipinski definition) is 2. The Morgan fingerprint density at radius 2 is 2.43 bits per heavy atom. The van der Waals surface area contributed by atoms with Crippen LogP contribution in [0, 0.1) is 0 Å². The molecule has 0 aromatic rings. The Kier molecular flexibility index (Phi) is 2.28. The highest BCUT2D eigenvalue weighted by molar-refractivity contribution is 5.78. The van der Waals surface area contributed by atoms with Gasteiger partial charge in [0.1, 0.15) is 6.61 Å². The molecule has 2 rings (SSSR count). The molecule has 0 aromatic heterocycles. The normalized spacial score (nSPS) is 32.0. The molecule has 2 amide bonds. The fourth-order valence-corrected chi connectivity index (χ4v) is 1.87. The maximum Gasteiger partial charge on any atom is 0.407 e. The van der Waals surface area contributed by atoms with Crippen molar-refractivity contribution in [2.75, 3.05) is 19.7 Å². The minimum absolute atomic E-state index is 0.0247. The molecule has 2 saturated heterocycles. The molecular formula is C8H12N2O4. The lowest BCUT2D eigenvalue weighted by atomic mass is 10.0. The van der Waals surface area contributed by atoms with Gasteiger partial charge in [-0.3, -0.25) is 4.79 Å². The van der Waals surface area contributed by atoms with Crippen LogP contribution < -0.4 is 5.32 Å². The predicted octanol–water partition coefficient (Wildman–Crippen LogP) is -0.746. The second kappa shape index (κ2) is 3.45. The number of piperidine rings is 1. The fourth-order valence-electron chi connectivity index (χ4n) is 1.87. The number of morpholine rings is 1. The van der Waals surface area contributed by atoms with Gasteiger partial charge in [0.15, 0.2) is 0 Å². The van der Waals surface area contributed by atoms with Crippen LogP contribution in [0.15, 0.2) is 0 Å². The van der Waals surface area contributed by atoms with E-state index in [1.54, 1.807) is 0 Å². The summed E-state index contributed by atoms with van der Waals surface area (Å²) in [5.41, 5.74) is 0. The van der Waals surface area contributed by atoms with Crippen LogP contribution in [0.4, 0.5) is 4.79 Å². The first-order valence-electron chi connectivity index (χ1n) is 4.55. The summed E-state index contributed by atoms with van der Waals surface area (Å²) in [6.45, 7) is 0.895. The number of carbonyl (C=O) groups is 2. The number of carboxylic acid groups (broad SMARTS) is 1. The van der Waals surface area contributed by atoms with E-state index in [-0.39, 0.29) is 24.7 Å². The van der Waals surface area contributed by atoms with Gasteiger partial charge in [-0.05, 0) is 6.42 Å². The monoisotopic (exact) mass is 200 g/mol. The topological polar surface area (TPSA) is 78.9 Å². The Morgan fingerprint density at radius 3 is 3.14 bits per heavy atom. The van der Waals surface area contributed by atoms with E-state index in [1.165, 1.54) is 4.90 Å². The quantitative estimate of drug-likeness (QED) is 0.539. The third-order valence-electron chi connectivity index (χ3n) is 2.59. The van der Waals surface area contributed by atoms with Crippen LogP contribution in [0.3, 0.4) is 0 Å². The summed E-state index contributed by atoms with van der Waals surface area (Å²) in [5, 5.41) is 11.5. The van der Waals surface area contributed by atoms with Crippen molar-refractivity contribution < 1.29 is 19.4 Å². The molecule has 78 valence electrons. The highest BCUT2D eigenvalue weighted by atomic mass is 16.5. The van der Waals surface area contributed by atoms with Crippen LogP contribution in [-0.2, 0) is 9.53 Å². The van der Waals surface area contributed by atoms with Gasteiger partial charge in [-0.2, -0.15) is 0 Å². The van der Waals surface area contributed by atoms with Gasteiger partial charge < -0.3 is 20.1 Å². The first-order valence-corrected chi connectivity index (χ1v) is 4.55. The summed E-state index contributed by atoms with van der Waals surface area (Å²) in [6.07, 6.45) is -0.316. The number of fused-ring (bicyclic) bond motifs is 1. The molecular weight excluding hydrogens is 188 g/mol. The maximum absolute atomic E-state index is 11.0. The van der Waals surface area contributed by atoms with Crippen LogP contribution in [0.2, 0.25) is 0 Å². The predicted molar refractivity (Wildman–Crippen MR) is 45.9 cm³/mol. The van der Waals surface area contributed by atoms with E-state index in [9.17, 15) is 9.59 Å². The molecule has 6 nitrogen and oxygen atoms in total. The number of ether oxygens (including phenoxy) is 1. The molecule has 2 aliphatic rings. The zero-order valence-corrected chi connectivity index (χ0v) is 7.60. The number of rotatable bonds is 0. The fraction of sp³-hybridized carbons (Fsp3) is 0.750. The largest absolute Gasteiger partial charge is 0.465 e. The van der Waals surface area contributed by atoms with Crippen molar-refractivity contribution in [1.29, 1.82) is 0 Å². The molecule has 14 heavy (non-hydrogen) atoms. The second-order valence-corrected chi connectivity index (χ2v) is 3.54. The van der Waals surface area contributed by atoms with Crippen LogP contribution >= 0.6 is 0 Å². The van der Waals surface area contributed by atoms with Gasteiger partial charge in [0, 0.05) is 13.1 Å². The molecule has 2 heterocycles. The number of hydrogen-bond acceptors (Lipinski definition) is 3. The van der Waals surface area contributed by atoms with E-state index in [2.05, 4.69) is 5.32 Å². The summed E-state index contributed by atoms with van der Waals surface area (Å²) >= 11 is 0. The van der Waals surface area contributed by atoms with Crippen LogP contribution in [0.1, 0.15) is 6.42 Å². The van der Waals surface area contributed by atoms with Crippen molar-refractivity contribution >= 4 is 12.0 Å². The SMILES string of the molecule is O=C1CO[C@H]2CCN(C(=O)O)C[C@@H]2N1. The summed E-state index contributed by atoms with van der Waals surface area (Å²) in [4.78, 5) is 23.0. The molecule has 2 aliphatic heterocycles. The molecule has 0 aromatic carbocycles. The van der Waals surface area contributed by atoms with E-state index in [1.807, 2.05) is 0 Å². The zero-order chi connectivity index (χ0) is 10.1. The van der Waals surface area contributed by atoms with E-state index >= 15 is 0 Å². The Balaban J connectivity index is 1.99. The van der Waals surface area contributed by atoms with Crippen molar-refractivity contribution in [2.24, 2.45) is 0 Å². The minimum atomic E-state index is -0.941. The summed E-state index contributed by atoms with van der Waals surface area (Å²) in [7, 11) is 0. The highest BCUT2D eigenvalue weighted by Crippen LogP contribution is 2.17. The number of nitrogens with one attached hydrogen (secondary N) is 1. The van der Waals surface area contributed by atoms with Crippen molar-refractivity contribution in [3.05, 3.63) is 0 Å². The molecule has 0 saturated carbocycles. The Labute approximate surface area is 80.8 Å². The van der Waals surface area contributed by atoms with E-state index in [0.29, 0.717) is 19.5 Å². The van der Waals surface area contributed by atoms with Crippen molar-refractivity contribution in [3.63, 3.8) is 0 Å². The van der Waals surface area contributed by atoms with E-state index < -0.39 is 6.09 Å². The second-order valence-electron chi connectivity index (χ2n) is 3.54. The highest BCUT2D eigenvalue weighted by Gasteiger charge is 2.36. The molecule has 2 N–H and O–H groups in total. The van der Waals surface area contributed by atoms with Crippen LogP contribution in [-0.4, -0.2) is 53.8 Å². The third kappa shape index (κ3) is 1.65. The molecule has 0 aliphatic carbocycles. The molecule has 6 heteroatoms. The smallest absolute Gasteiger partial charge is 0.407 e. The first-order chi connectivity index (χ1) is 6.66. The summed E-state index contributed by atoms with van der Waals surface area (Å²) in [5.74, 6) is -0.168. The molecule has 0 spiro atoms. The van der Waals surface area contributed by atoms with Crippen molar-refractivity contribution in [1.82, 2.24) is 10.2 Å². The average Bonchev–Trinajstić information content (AvgIpc) is 2.16. The molecule has 0 radical (unpaired) electrons. The van der Waals surface area contributed by atoms with Crippen LogP contribution in [0.25, 0.3) is 0 Å². The number of nitrogens with zero attached hydrogens (tertiary/aromatic N) is 1. The van der Waals surface area contributed by atoms with Crippen LogP contribution in [0.5, 0.6) is 0 Å². The summed E-state index contributed by atoms with van der Waals surface area (Å²) < 4.78 is 5.29. The lowest BCUT2D eigenvalue weighted by Crippen LogP contribution is -2.60. The van der Waals surface area contributed by atoms with E-state index in [0.717, 1.165) is 0 Å². The first kappa shape index (κ1) is 9.26. The van der Waals surface area contributed by atoms with E-state index in [4.69, 9.17) is 9.84 Å².